The molecule has 5 atom stereocenters. The fraction of sp³-hybridized carbons (Fsp3) is 0.605. The second kappa shape index (κ2) is 14.6. The first kappa shape index (κ1) is 35.4. The summed E-state index contributed by atoms with van der Waals surface area (Å²) in [7, 11) is -3.86. The van der Waals surface area contributed by atoms with E-state index in [1.54, 1.807) is 6.20 Å². The number of carbonyl (C=O) groups excluding carboxylic acids is 4. The molecule has 3 saturated carbocycles. The van der Waals surface area contributed by atoms with Crippen LogP contribution in [0, 0.1) is 17.8 Å². The van der Waals surface area contributed by atoms with Crippen LogP contribution in [0.3, 0.4) is 0 Å². The number of aromatic nitrogens is 1. The van der Waals surface area contributed by atoms with E-state index in [2.05, 4.69) is 33.7 Å². The summed E-state index contributed by atoms with van der Waals surface area (Å²) in [6, 6.07) is 7.13. The normalized spacial score (nSPS) is 29.4. The largest absolute Gasteiger partial charge is 0.472 e. The molecule has 51 heavy (non-hydrogen) atoms. The molecule has 2 aliphatic heterocycles. The van der Waals surface area contributed by atoms with Gasteiger partial charge in [-0.25, -0.2) is 13.4 Å². The molecule has 2 N–H and O–H groups in total. The zero-order chi connectivity index (χ0) is 35.8. The van der Waals surface area contributed by atoms with Crippen LogP contribution in [0.1, 0.15) is 89.0 Å². The second-order valence-corrected chi connectivity index (χ2v) is 17.0. The third-order valence-corrected chi connectivity index (χ3v) is 13.3. The average molecular weight is 721 g/mol. The average Bonchev–Trinajstić information content (AvgIpc) is 3.99. The molecule has 1 aromatic carbocycles. The number of aryl methyl sites for hydroxylation is 1. The van der Waals surface area contributed by atoms with Gasteiger partial charge in [0.15, 0.2) is 0 Å². The van der Waals surface area contributed by atoms with E-state index in [1.165, 1.54) is 11.0 Å². The van der Waals surface area contributed by atoms with Gasteiger partial charge in [0.2, 0.25) is 27.7 Å². The quantitative estimate of drug-likeness (QED) is 0.317. The summed E-state index contributed by atoms with van der Waals surface area (Å²) in [5, 5.41) is 4.05. The van der Waals surface area contributed by atoms with Gasteiger partial charge in [0.25, 0.3) is 5.91 Å². The number of benzene rings is 1. The van der Waals surface area contributed by atoms with Gasteiger partial charge >= 0.3 is 5.97 Å². The number of rotatable bonds is 7. The lowest BCUT2D eigenvalue weighted by Gasteiger charge is -2.31. The van der Waals surface area contributed by atoms with Crippen molar-refractivity contribution in [2.45, 2.75) is 113 Å². The first-order valence-electron chi connectivity index (χ1n) is 18.6. The first-order chi connectivity index (χ1) is 24.6. The molecule has 1 unspecified atom stereocenters. The van der Waals surface area contributed by atoms with E-state index in [4.69, 9.17) is 9.47 Å². The number of ether oxygens (including phenoxy) is 2. The molecule has 5 aliphatic rings. The minimum atomic E-state index is -3.86. The number of cyclic esters (lactones) is 1. The summed E-state index contributed by atoms with van der Waals surface area (Å²) in [6.07, 6.45) is 11.9. The van der Waals surface area contributed by atoms with Crippen molar-refractivity contribution < 1.29 is 37.1 Å². The number of fused-ring (bicyclic) bond motifs is 3. The van der Waals surface area contributed by atoms with Crippen LogP contribution in [0.15, 0.2) is 43.1 Å². The van der Waals surface area contributed by atoms with Gasteiger partial charge in [-0.2, -0.15) is 0 Å². The van der Waals surface area contributed by atoms with Crippen molar-refractivity contribution in [3.63, 3.8) is 0 Å². The minimum absolute atomic E-state index is 0.0284. The molecule has 0 spiro atoms. The van der Waals surface area contributed by atoms with Crippen molar-refractivity contribution in [3.05, 3.63) is 48.7 Å². The predicted octanol–water partition coefficient (Wildman–Crippen LogP) is 4.11. The lowest BCUT2D eigenvalue weighted by atomic mass is 9.86. The highest BCUT2D eigenvalue weighted by Gasteiger charge is 2.62. The maximum absolute atomic E-state index is 14.6. The Morgan fingerprint density at radius 3 is 2.55 bits per heavy atom. The molecule has 3 heterocycles. The smallest absolute Gasteiger partial charge is 0.306 e. The summed E-state index contributed by atoms with van der Waals surface area (Å²) in [5.74, 6) is -2.88. The van der Waals surface area contributed by atoms with E-state index >= 15 is 0 Å². The Kier molecular flexibility index (Phi) is 10.1. The van der Waals surface area contributed by atoms with Crippen LogP contribution in [0.2, 0.25) is 0 Å². The molecule has 7 rings (SSSR count). The topological polar surface area (TPSA) is 161 Å². The third-order valence-electron chi connectivity index (χ3n) is 11.5. The number of amides is 3. The van der Waals surface area contributed by atoms with E-state index in [9.17, 15) is 27.6 Å². The SMILES string of the molecule is C=C[C@H]1C[C@]1(NC(=O)[C@@H]1C[C@@H]2CN1C(=O)C(C1CCCC1)CC(=O)OCCCCCCc1ccc3ccnc(c3c1)O2)C(=O)NS(=O)(=O)C1CC1. The number of esters is 1. The molecule has 3 amide bonds. The van der Waals surface area contributed by atoms with Crippen LogP contribution >= 0.6 is 0 Å². The molecule has 4 bridgehead atoms. The molecule has 0 radical (unpaired) electrons. The van der Waals surface area contributed by atoms with Crippen LogP contribution < -0.4 is 14.8 Å². The number of hydrogen-bond donors (Lipinski definition) is 2. The Balaban J connectivity index is 1.20. The standard InChI is InChI=1S/C38H48N4O8S/c1-2-27-22-38(27,37(46)41-51(47,48)29-14-15-29)40-34(44)32-20-28-23-42(32)36(45)31(25-10-6-7-11-25)21-33(43)49-18-8-4-3-5-9-24-12-13-26-16-17-39-35(50-28)30(26)19-24/h2,12-13,16-17,19,25,27-29,31-32H,1,3-11,14-15,18,20-23H2,(H,40,44)(H,41,46)/t27-,28+,31?,32-,38+/m0/s1. The van der Waals surface area contributed by atoms with Gasteiger partial charge in [0.05, 0.1) is 30.7 Å². The van der Waals surface area contributed by atoms with Crippen LogP contribution in [-0.4, -0.2) is 78.1 Å². The number of nitrogens with one attached hydrogen (secondary N) is 2. The molecule has 13 heteroatoms. The summed E-state index contributed by atoms with van der Waals surface area (Å²) in [6.45, 7) is 4.17. The van der Waals surface area contributed by atoms with Gasteiger partial charge in [-0.15, -0.1) is 6.58 Å². The van der Waals surface area contributed by atoms with Crippen LogP contribution in [0.4, 0.5) is 0 Å². The van der Waals surface area contributed by atoms with E-state index in [0.29, 0.717) is 25.3 Å². The number of sulfonamides is 1. The van der Waals surface area contributed by atoms with Crippen LogP contribution in [0.5, 0.6) is 5.88 Å². The summed E-state index contributed by atoms with van der Waals surface area (Å²) in [5.41, 5.74) is -0.347. The monoisotopic (exact) mass is 720 g/mol. The second-order valence-electron chi connectivity index (χ2n) is 15.1. The Labute approximate surface area is 299 Å². The fourth-order valence-electron chi connectivity index (χ4n) is 8.23. The van der Waals surface area contributed by atoms with Gasteiger partial charge in [-0.05, 0) is 80.4 Å². The number of pyridine rings is 1. The molecule has 2 aromatic rings. The summed E-state index contributed by atoms with van der Waals surface area (Å²) in [4.78, 5) is 61.6. The number of nitrogens with zero attached hydrogens (tertiary/aromatic N) is 2. The van der Waals surface area contributed by atoms with Crippen LogP contribution in [-0.2, 0) is 40.4 Å². The zero-order valence-corrected chi connectivity index (χ0v) is 29.8. The molecule has 1 aromatic heterocycles. The first-order valence-corrected chi connectivity index (χ1v) is 20.1. The summed E-state index contributed by atoms with van der Waals surface area (Å²) >= 11 is 0. The molecule has 3 aliphatic carbocycles. The van der Waals surface area contributed by atoms with E-state index in [1.807, 2.05) is 12.1 Å². The molecule has 4 fully saturated rings. The van der Waals surface area contributed by atoms with Gasteiger partial charge in [0, 0.05) is 23.9 Å². The van der Waals surface area contributed by atoms with Gasteiger partial charge in [-0.1, -0.05) is 43.9 Å². The van der Waals surface area contributed by atoms with Gasteiger partial charge < -0.3 is 19.7 Å². The molecular formula is C38H48N4O8S. The van der Waals surface area contributed by atoms with E-state index in [-0.39, 0.29) is 37.6 Å². The number of carbonyl (C=O) groups is 4. The Bertz CT molecular complexity index is 1810. The van der Waals surface area contributed by atoms with Gasteiger partial charge in [-0.3, -0.25) is 23.9 Å². The third kappa shape index (κ3) is 7.64. The molecule has 274 valence electrons. The Morgan fingerprint density at radius 1 is 1.02 bits per heavy atom. The Hall–Kier alpha value is -4.00. The van der Waals surface area contributed by atoms with Crippen LogP contribution in [0.25, 0.3) is 10.8 Å². The van der Waals surface area contributed by atoms with Crippen molar-refractivity contribution in [2.75, 3.05) is 13.2 Å². The highest BCUT2D eigenvalue weighted by molar-refractivity contribution is 7.91. The van der Waals surface area contributed by atoms with Crippen molar-refractivity contribution in [1.29, 1.82) is 0 Å². The lowest BCUT2D eigenvalue weighted by molar-refractivity contribution is -0.152. The minimum Gasteiger partial charge on any atom is -0.472 e. The highest BCUT2D eigenvalue weighted by atomic mass is 32.2. The lowest BCUT2D eigenvalue weighted by Crippen LogP contribution is -2.57. The van der Waals surface area contributed by atoms with E-state index in [0.717, 1.165) is 74.1 Å². The maximum Gasteiger partial charge on any atom is 0.306 e. The van der Waals surface area contributed by atoms with Crippen molar-refractivity contribution in [2.24, 2.45) is 17.8 Å². The molecular weight excluding hydrogens is 673 g/mol. The zero-order valence-electron chi connectivity index (χ0n) is 29.0. The van der Waals surface area contributed by atoms with Crippen molar-refractivity contribution in [1.82, 2.24) is 19.9 Å². The highest BCUT2D eigenvalue weighted by Crippen LogP contribution is 2.46. The summed E-state index contributed by atoms with van der Waals surface area (Å²) < 4.78 is 39.7. The number of hydrogen-bond acceptors (Lipinski definition) is 9. The maximum atomic E-state index is 14.6. The van der Waals surface area contributed by atoms with Gasteiger partial charge in [0.1, 0.15) is 17.7 Å². The van der Waals surface area contributed by atoms with Crippen molar-refractivity contribution >= 4 is 44.5 Å². The molecule has 12 nitrogen and oxygen atoms in total. The Morgan fingerprint density at radius 2 is 1.80 bits per heavy atom. The van der Waals surface area contributed by atoms with Crippen molar-refractivity contribution in [3.8, 4) is 5.88 Å². The predicted molar refractivity (Wildman–Crippen MR) is 189 cm³/mol. The molecule has 1 saturated heterocycles. The fourth-order valence-corrected chi connectivity index (χ4v) is 9.59. The van der Waals surface area contributed by atoms with E-state index < -0.39 is 62.6 Å².